The molecule has 0 atom stereocenters. The molecule has 146 valence electrons. The van der Waals surface area contributed by atoms with E-state index in [0.717, 1.165) is 5.75 Å². The van der Waals surface area contributed by atoms with Crippen molar-refractivity contribution in [2.24, 2.45) is 0 Å². The van der Waals surface area contributed by atoms with Gasteiger partial charge in [0, 0.05) is 5.41 Å². The Labute approximate surface area is 169 Å². The molecule has 2 aromatic heterocycles. The lowest BCUT2D eigenvalue weighted by molar-refractivity contribution is 0.422. The van der Waals surface area contributed by atoms with Gasteiger partial charge in [0.05, 0.1) is 12.4 Å². The van der Waals surface area contributed by atoms with Gasteiger partial charge in [-0.2, -0.15) is 4.98 Å². The third-order valence-electron chi connectivity index (χ3n) is 4.93. The number of ether oxygens (including phenoxy) is 1. The normalized spacial score (nSPS) is 11.4. The molecule has 0 aliphatic rings. The van der Waals surface area contributed by atoms with Crippen LogP contribution in [0.15, 0.2) is 65.4 Å². The topological polar surface area (TPSA) is 73.9 Å². The van der Waals surface area contributed by atoms with Gasteiger partial charge in [-0.25, -0.2) is 9.97 Å². The Morgan fingerprint density at radius 2 is 1.38 bits per heavy atom. The summed E-state index contributed by atoms with van der Waals surface area (Å²) >= 11 is 0. The van der Waals surface area contributed by atoms with Crippen LogP contribution in [0.25, 0.3) is 11.7 Å². The van der Waals surface area contributed by atoms with Gasteiger partial charge < -0.3 is 9.26 Å². The third-order valence-corrected chi connectivity index (χ3v) is 4.93. The van der Waals surface area contributed by atoms with E-state index in [1.54, 1.807) is 19.3 Å². The smallest absolute Gasteiger partial charge is 0.295 e. The zero-order chi connectivity index (χ0) is 20.4. The van der Waals surface area contributed by atoms with E-state index in [-0.39, 0.29) is 11.3 Å². The molecular weight excluding hydrogens is 364 g/mol. The number of aryl methyl sites for hydroxylation is 2. The van der Waals surface area contributed by atoms with Crippen molar-refractivity contribution in [3.63, 3.8) is 0 Å². The second kappa shape index (κ2) is 7.47. The van der Waals surface area contributed by atoms with Gasteiger partial charge in [-0.05, 0) is 37.1 Å². The fourth-order valence-electron chi connectivity index (χ4n) is 3.08. The minimum Gasteiger partial charge on any atom is -0.454 e. The SMILES string of the molecule is Cc1ccc(C(C)(C)c2ccc(Oc3cnc(-c4nc(C)no4)nc3)cc2)cc1. The largest absolute Gasteiger partial charge is 0.454 e. The van der Waals surface area contributed by atoms with E-state index in [2.05, 4.69) is 77.3 Å². The van der Waals surface area contributed by atoms with Crippen LogP contribution in [0.2, 0.25) is 0 Å². The van der Waals surface area contributed by atoms with Crippen LogP contribution in [-0.4, -0.2) is 20.1 Å². The maximum absolute atomic E-state index is 5.87. The van der Waals surface area contributed by atoms with Crippen molar-refractivity contribution >= 4 is 0 Å². The maximum atomic E-state index is 5.87. The molecule has 6 nitrogen and oxygen atoms in total. The van der Waals surface area contributed by atoms with Crippen LogP contribution in [0, 0.1) is 13.8 Å². The molecule has 0 bridgehead atoms. The van der Waals surface area contributed by atoms with Crippen LogP contribution in [0.5, 0.6) is 11.5 Å². The number of aromatic nitrogens is 4. The summed E-state index contributed by atoms with van der Waals surface area (Å²) in [6.07, 6.45) is 3.18. The average molecular weight is 386 g/mol. The van der Waals surface area contributed by atoms with Crippen molar-refractivity contribution in [3.05, 3.63) is 83.4 Å². The first-order chi connectivity index (χ1) is 13.9. The average Bonchev–Trinajstić information content (AvgIpc) is 3.16. The van der Waals surface area contributed by atoms with E-state index in [1.807, 2.05) is 12.1 Å². The molecule has 0 aliphatic heterocycles. The van der Waals surface area contributed by atoms with Gasteiger partial charge in [0.1, 0.15) is 5.75 Å². The summed E-state index contributed by atoms with van der Waals surface area (Å²) in [6, 6.07) is 16.8. The minimum absolute atomic E-state index is 0.0980. The summed E-state index contributed by atoms with van der Waals surface area (Å²) in [6.45, 7) is 8.29. The molecular formula is C23H22N4O2. The van der Waals surface area contributed by atoms with Crippen LogP contribution in [0.3, 0.4) is 0 Å². The first kappa shape index (κ1) is 18.8. The molecule has 0 aliphatic carbocycles. The molecule has 0 saturated carbocycles. The van der Waals surface area contributed by atoms with Gasteiger partial charge in [0.2, 0.25) is 5.82 Å². The van der Waals surface area contributed by atoms with Crippen molar-refractivity contribution in [2.75, 3.05) is 0 Å². The molecule has 0 fully saturated rings. The fourth-order valence-corrected chi connectivity index (χ4v) is 3.08. The summed E-state index contributed by atoms with van der Waals surface area (Å²) in [5.41, 5.74) is 3.65. The molecule has 0 spiro atoms. The van der Waals surface area contributed by atoms with E-state index in [0.29, 0.717) is 17.4 Å². The highest BCUT2D eigenvalue weighted by Gasteiger charge is 2.23. The summed E-state index contributed by atoms with van der Waals surface area (Å²) < 4.78 is 10.9. The fraction of sp³-hybridized carbons (Fsp3) is 0.217. The summed E-state index contributed by atoms with van der Waals surface area (Å²) in [4.78, 5) is 12.6. The summed E-state index contributed by atoms with van der Waals surface area (Å²) in [7, 11) is 0. The molecule has 4 rings (SSSR count). The quantitative estimate of drug-likeness (QED) is 0.466. The van der Waals surface area contributed by atoms with Crippen LogP contribution in [0.1, 0.15) is 36.4 Å². The van der Waals surface area contributed by atoms with Crippen LogP contribution < -0.4 is 4.74 Å². The Balaban J connectivity index is 1.48. The zero-order valence-corrected chi connectivity index (χ0v) is 16.9. The Morgan fingerprint density at radius 3 is 1.93 bits per heavy atom. The molecule has 2 heterocycles. The van der Waals surface area contributed by atoms with Gasteiger partial charge >= 0.3 is 0 Å². The maximum Gasteiger partial charge on any atom is 0.295 e. The van der Waals surface area contributed by atoms with Crippen LogP contribution in [0.4, 0.5) is 0 Å². The Morgan fingerprint density at radius 1 is 0.793 bits per heavy atom. The monoisotopic (exact) mass is 386 g/mol. The van der Waals surface area contributed by atoms with Gasteiger partial charge in [-0.3, -0.25) is 0 Å². The van der Waals surface area contributed by atoms with E-state index in [4.69, 9.17) is 9.26 Å². The molecule has 29 heavy (non-hydrogen) atoms. The Hall–Kier alpha value is -3.54. The van der Waals surface area contributed by atoms with Crippen molar-refractivity contribution in [3.8, 4) is 23.2 Å². The molecule has 4 aromatic rings. The van der Waals surface area contributed by atoms with Gasteiger partial charge in [-0.1, -0.05) is 61.0 Å². The Kier molecular flexibility index (Phi) is 4.84. The molecule has 0 radical (unpaired) electrons. The number of hydrogen-bond acceptors (Lipinski definition) is 6. The molecule has 6 heteroatoms. The number of nitrogens with zero attached hydrogens (tertiary/aromatic N) is 4. The van der Waals surface area contributed by atoms with E-state index >= 15 is 0 Å². The van der Waals surface area contributed by atoms with Gasteiger partial charge in [-0.15, -0.1) is 0 Å². The molecule has 0 unspecified atom stereocenters. The molecule has 0 saturated heterocycles. The van der Waals surface area contributed by atoms with Gasteiger partial charge in [0.25, 0.3) is 5.89 Å². The lowest BCUT2D eigenvalue weighted by atomic mass is 9.78. The third kappa shape index (κ3) is 4.01. The number of benzene rings is 2. The summed E-state index contributed by atoms with van der Waals surface area (Å²) in [5, 5.41) is 3.74. The lowest BCUT2D eigenvalue weighted by Gasteiger charge is -2.26. The molecule has 0 N–H and O–H groups in total. The van der Waals surface area contributed by atoms with Gasteiger partial charge in [0.15, 0.2) is 11.6 Å². The standard InChI is InChI=1S/C23H22N4O2/c1-15-5-7-17(8-6-15)23(3,4)18-9-11-19(12-10-18)28-20-13-24-21(25-14-20)22-26-16(2)27-29-22/h5-14H,1-4H3. The second-order valence-electron chi connectivity index (χ2n) is 7.51. The molecule has 0 amide bonds. The van der Waals surface area contributed by atoms with Crippen LogP contribution >= 0.6 is 0 Å². The van der Waals surface area contributed by atoms with Crippen molar-refractivity contribution in [1.82, 2.24) is 20.1 Å². The predicted octanol–water partition coefficient (Wildman–Crippen LogP) is 5.26. The number of rotatable bonds is 5. The predicted molar refractivity (Wildman–Crippen MR) is 110 cm³/mol. The van der Waals surface area contributed by atoms with Crippen molar-refractivity contribution in [1.29, 1.82) is 0 Å². The number of hydrogen-bond donors (Lipinski definition) is 0. The minimum atomic E-state index is -0.0980. The van der Waals surface area contributed by atoms with E-state index < -0.39 is 0 Å². The first-order valence-corrected chi connectivity index (χ1v) is 9.40. The lowest BCUT2D eigenvalue weighted by Crippen LogP contribution is -2.18. The Bertz CT molecular complexity index is 1100. The zero-order valence-electron chi connectivity index (χ0n) is 16.9. The highest BCUT2D eigenvalue weighted by molar-refractivity contribution is 5.43. The van der Waals surface area contributed by atoms with E-state index in [1.165, 1.54) is 16.7 Å². The van der Waals surface area contributed by atoms with E-state index in [9.17, 15) is 0 Å². The first-order valence-electron chi connectivity index (χ1n) is 9.40. The second-order valence-corrected chi connectivity index (χ2v) is 7.51. The van der Waals surface area contributed by atoms with Crippen molar-refractivity contribution < 1.29 is 9.26 Å². The van der Waals surface area contributed by atoms with Crippen LogP contribution in [-0.2, 0) is 5.41 Å². The summed E-state index contributed by atoms with van der Waals surface area (Å²) in [5.74, 6) is 2.46. The highest BCUT2D eigenvalue weighted by Crippen LogP contribution is 2.33. The molecule has 2 aromatic carbocycles. The highest BCUT2D eigenvalue weighted by atomic mass is 16.5. The van der Waals surface area contributed by atoms with Crippen molar-refractivity contribution in [2.45, 2.75) is 33.1 Å².